The molecule has 1 N–H and O–H groups in total. The molecule has 3 rings (SSSR count). The molecule has 0 saturated carbocycles. The van der Waals surface area contributed by atoms with Gasteiger partial charge in [-0.05, 0) is 6.07 Å². The zero-order chi connectivity index (χ0) is 9.38. The number of nitrogens with one attached hydrogen (secondary N) is 1. The van der Waals surface area contributed by atoms with Gasteiger partial charge in [-0.2, -0.15) is 0 Å². The van der Waals surface area contributed by atoms with Crippen molar-refractivity contribution >= 4 is 11.0 Å². The summed E-state index contributed by atoms with van der Waals surface area (Å²) < 4.78 is 5.29. The zero-order valence-corrected chi connectivity index (χ0v) is 7.32. The molecule has 67 valence electrons. The lowest BCUT2D eigenvalue weighted by molar-refractivity contribution is 0.607. The van der Waals surface area contributed by atoms with Gasteiger partial charge in [0.15, 0.2) is 6.26 Å². The fraction of sp³-hybridized carbons (Fsp3) is 0. The third kappa shape index (κ3) is 0.956. The van der Waals surface area contributed by atoms with Crippen LogP contribution in [0.3, 0.4) is 0 Å². The molecule has 0 saturated heterocycles. The maximum atomic E-state index is 5.29. The van der Waals surface area contributed by atoms with Crippen molar-refractivity contribution in [3.05, 3.63) is 42.9 Å². The Hall–Kier alpha value is -2.03. The Kier molecular flexibility index (Phi) is 1.44. The first kappa shape index (κ1) is 7.38. The molecule has 1 aromatic carbocycles. The minimum absolute atomic E-state index is 0.787. The Bertz CT molecular complexity index is 551. The molecule has 0 unspecified atom stereocenters. The normalized spacial score (nSPS) is 10.9. The monoisotopic (exact) mass is 183 g/mol. The van der Waals surface area contributed by atoms with Gasteiger partial charge in [0, 0.05) is 17.8 Å². The minimum atomic E-state index is 0.787. The molecule has 0 aliphatic rings. The average Bonchev–Trinajstić information content (AvgIpc) is 2.85. The predicted octanol–water partition coefficient (Wildman–Crippen LogP) is 2.62. The van der Waals surface area contributed by atoms with E-state index < -0.39 is 0 Å². The summed E-state index contributed by atoms with van der Waals surface area (Å²) in [5, 5.41) is 1.03. The topological polar surface area (TPSA) is 41.8 Å². The summed E-state index contributed by atoms with van der Waals surface area (Å²) in [7, 11) is 0. The largest absolute Gasteiger partial charge is 0.452 e. The molecule has 3 nitrogen and oxygen atoms in total. The fourth-order valence-electron chi connectivity index (χ4n) is 1.50. The molecule has 0 aliphatic carbocycles. The van der Waals surface area contributed by atoms with E-state index in [1.165, 1.54) is 0 Å². The molecule has 2 heterocycles. The van der Waals surface area contributed by atoms with E-state index in [4.69, 9.17) is 4.42 Å². The van der Waals surface area contributed by atoms with Crippen LogP contribution in [0.25, 0.3) is 22.4 Å². The van der Waals surface area contributed by atoms with Gasteiger partial charge >= 0.3 is 0 Å². The SMILES string of the molecule is [c]1oc2ccccc2c1-c1ncc[nH]1. The quantitative estimate of drug-likeness (QED) is 0.630. The van der Waals surface area contributed by atoms with Gasteiger partial charge in [-0.1, -0.05) is 18.2 Å². The lowest BCUT2D eigenvalue weighted by Gasteiger charge is -1.90. The Labute approximate surface area is 80.4 Å². The van der Waals surface area contributed by atoms with Crippen molar-refractivity contribution in [2.24, 2.45) is 0 Å². The van der Waals surface area contributed by atoms with Crippen LogP contribution in [-0.2, 0) is 0 Å². The van der Waals surface area contributed by atoms with Gasteiger partial charge in [0.2, 0.25) is 0 Å². The van der Waals surface area contributed by atoms with E-state index in [2.05, 4.69) is 16.2 Å². The van der Waals surface area contributed by atoms with Crippen LogP contribution >= 0.6 is 0 Å². The molecule has 0 atom stereocenters. The number of furan rings is 1. The van der Waals surface area contributed by atoms with Crippen molar-refractivity contribution in [1.82, 2.24) is 9.97 Å². The number of rotatable bonds is 1. The van der Waals surface area contributed by atoms with Crippen LogP contribution in [0, 0.1) is 6.26 Å². The van der Waals surface area contributed by atoms with E-state index in [-0.39, 0.29) is 0 Å². The van der Waals surface area contributed by atoms with Gasteiger partial charge in [0.1, 0.15) is 11.4 Å². The molecule has 0 bridgehead atoms. The molecule has 1 radical (unpaired) electrons. The Morgan fingerprint density at radius 3 is 3.07 bits per heavy atom. The van der Waals surface area contributed by atoms with E-state index in [1.54, 1.807) is 12.4 Å². The van der Waals surface area contributed by atoms with Crippen LogP contribution in [0.5, 0.6) is 0 Å². The van der Waals surface area contributed by atoms with Crippen LogP contribution < -0.4 is 0 Å². The molecule has 0 fully saturated rings. The zero-order valence-electron chi connectivity index (χ0n) is 7.32. The fourth-order valence-corrected chi connectivity index (χ4v) is 1.50. The number of aromatic amines is 1. The molecular weight excluding hydrogens is 176 g/mol. The summed E-state index contributed by atoms with van der Waals surface area (Å²) in [4.78, 5) is 7.19. The highest BCUT2D eigenvalue weighted by Crippen LogP contribution is 2.26. The average molecular weight is 183 g/mol. The number of hydrogen-bond donors (Lipinski definition) is 1. The third-order valence-electron chi connectivity index (χ3n) is 2.15. The summed E-state index contributed by atoms with van der Waals surface area (Å²) >= 11 is 0. The number of imidazole rings is 1. The Morgan fingerprint density at radius 1 is 1.29 bits per heavy atom. The van der Waals surface area contributed by atoms with E-state index in [0.717, 1.165) is 22.4 Å². The van der Waals surface area contributed by atoms with Crippen LogP contribution in [0.4, 0.5) is 0 Å². The number of benzene rings is 1. The van der Waals surface area contributed by atoms with Gasteiger partial charge in [-0.3, -0.25) is 0 Å². The van der Waals surface area contributed by atoms with E-state index >= 15 is 0 Å². The van der Waals surface area contributed by atoms with Crippen molar-refractivity contribution in [1.29, 1.82) is 0 Å². The number of para-hydroxylation sites is 1. The van der Waals surface area contributed by atoms with Gasteiger partial charge in [0.25, 0.3) is 0 Å². The maximum Gasteiger partial charge on any atom is 0.182 e. The van der Waals surface area contributed by atoms with E-state index in [9.17, 15) is 0 Å². The van der Waals surface area contributed by atoms with E-state index in [0.29, 0.717) is 0 Å². The van der Waals surface area contributed by atoms with Gasteiger partial charge < -0.3 is 9.40 Å². The number of fused-ring (bicyclic) bond motifs is 1. The van der Waals surface area contributed by atoms with Crippen LogP contribution in [0.1, 0.15) is 0 Å². The second-order valence-electron chi connectivity index (χ2n) is 3.01. The van der Waals surface area contributed by atoms with Gasteiger partial charge in [-0.25, -0.2) is 4.98 Å². The van der Waals surface area contributed by atoms with Crippen molar-refractivity contribution in [2.45, 2.75) is 0 Å². The number of nitrogens with zero attached hydrogens (tertiary/aromatic N) is 1. The first-order valence-electron chi connectivity index (χ1n) is 4.34. The summed E-state index contributed by atoms with van der Waals surface area (Å²) in [6.45, 7) is 0. The summed E-state index contributed by atoms with van der Waals surface area (Å²) in [5.41, 5.74) is 1.71. The standard InChI is InChI=1S/C11H7N2O/c1-2-4-10-8(3-1)9(7-14-10)11-12-5-6-13-11/h1-6H,(H,12,13). The highest BCUT2D eigenvalue weighted by atomic mass is 16.3. The van der Waals surface area contributed by atoms with Crippen molar-refractivity contribution in [3.63, 3.8) is 0 Å². The predicted molar refractivity (Wildman–Crippen MR) is 52.6 cm³/mol. The van der Waals surface area contributed by atoms with Crippen LogP contribution in [-0.4, -0.2) is 9.97 Å². The molecule has 3 aromatic rings. The molecular formula is C11H7N2O. The van der Waals surface area contributed by atoms with Crippen molar-refractivity contribution < 1.29 is 4.42 Å². The van der Waals surface area contributed by atoms with Gasteiger partial charge in [-0.15, -0.1) is 0 Å². The maximum absolute atomic E-state index is 5.29. The molecule has 3 heteroatoms. The highest BCUT2D eigenvalue weighted by molar-refractivity contribution is 5.91. The molecule has 0 amide bonds. The highest BCUT2D eigenvalue weighted by Gasteiger charge is 2.09. The molecule has 14 heavy (non-hydrogen) atoms. The Morgan fingerprint density at radius 2 is 2.21 bits per heavy atom. The molecule has 2 aromatic heterocycles. The minimum Gasteiger partial charge on any atom is -0.452 e. The first-order valence-corrected chi connectivity index (χ1v) is 4.34. The summed E-state index contributed by atoms with van der Waals surface area (Å²) in [6, 6.07) is 7.81. The summed E-state index contributed by atoms with van der Waals surface area (Å²) in [6.07, 6.45) is 6.34. The third-order valence-corrected chi connectivity index (χ3v) is 2.15. The van der Waals surface area contributed by atoms with Crippen LogP contribution in [0.2, 0.25) is 0 Å². The summed E-state index contributed by atoms with van der Waals surface area (Å²) in [5.74, 6) is 0.787. The van der Waals surface area contributed by atoms with Crippen LogP contribution in [0.15, 0.2) is 41.1 Å². The van der Waals surface area contributed by atoms with Crippen molar-refractivity contribution in [2.75, 3.05) is 0 Å². The number of H-pyrrole nitrogens is 1. The number of hydrogen-bond acceptors (Lipinski definition) is 2. The second kappa shape index (κ2) is 2.73. The van der Waals surface area contributed by atoms with E-state index in [1.807, 2.05) is 24.3 Å². The lowest BCUT2D eigenvalue weighted by atomic mass is 10.2. The Balaban J connectivity index is 2.33. The second-order valence-corrected chi connectivity index (χ2v) is 3.01. The number of aromatic nitrogens is 2. The first-order chi connectivity index (χ1) is 6.95. The molecule has 0 spiro atoms. The van der Waals surface area contributed by atoms with Crippen molar-refractivity contribution in [3.8, 4) is 11.4 Å². The van der Waals surface area contributed by atoms with Gasteiger partial charge in [0.05, 0.1) is 5.56 Å². The molecule has 0 aliphatic heterocycles. The smallest absolute Gasteiger partial charge is 0.182 e. The lowest BCUT2D eigenvalue weighted by Crippen LogP contribution is -1.76.